The van der Waals surface area contributed by atoms with Gasteiger partial charge in [-0.25, -0.2) is 9.67 Å². The number of likely N-dealkylation sites (N-methyl/N-ethyl adjacent to an activating group) is 1. The molecule has 108 valence electrons. The molecule has 1 saturated carbocycles. The van der Waals surface area contributed by atoms with Crippen molar-refractivity contribution in [3.05, 3.63) is 12.2 Å². The van der Waals surface area contributed by atoms with Crippen molar-refractivity contribution in [2.75, 3.05) is 13.6 Å². The average molecular weight is 265 g/mol. The maximum Gasteiger partial charge on any atom is 0.141 e. The summed E-state index contributed by atoms with van der Waals surface area (Å²) < 4.78 is 1.97. The van der Waals surface area contributed by atoms with E-state index in [0.717, 1.165) is 31.4 Å². The van der Waals surface area contributed by atoms with E-state index in [1.165, 1.54) is 25.7 Å². The van der Waals surface area contributed by atoms with Crippen LogP contribution in [0, 0.1) is 5.92 Å². The Morgan fingerprint density at radius 3 is 3.00 bits per heavy atom. The van der Waals surface area contributed by atoms with Crippen molar-refractivity contribution in [2.24, 2.45) is 11.7 Å². The lowest BCUT2D eigenvalue weighted by molar-refractivity contribution is 0.0524. The zero-order valence-corrected chi connectivity index (χ0v) is 12.5. The monoisotopic (exact) mass is 265 g/mol. The Morgan fingerprint density at radius 2 is 2.37 bits per heavy atom. The van der Waals surface area contributed by atoms with E-state index in [-0.39, 0.29) is 5.54 Å². The Labute approximate surface area is 116 Å². The summed E-state index contributed by atoms with van der Waals surface area (Å²) in [5.41, 5.74) is 6.26. The topological polar surface area (TPSA) is 60.0 Å². The number of nitrogens with zero attached hydrogens (tertiary/aromatic N) is 4. The minimum absolute atomic E-state index is 0.141. The second-order valence-electron chi connectivity index (χ2n) is 5.98. The van der Waals surface area contributed by atoms with Gasteiger partial charge in [0.05, 0.1) is 6.54 Å². The van der Waals surface area contributed by atoms with Crippen LogP contribution in [0.4, 0.5) is 0 Å². The third kappa shape index (κ3) is 2.98. The first-order valence-electron chi connectivity index (χ1n) is 7.39. The summed E-state index contributed by atoms with van der Waals surface area (Å²) in [7, 11) is 2.18. The molecule has 1 fully saturated rings. The molecule has 2 unspecified atom stereocenters. The summed E-state index contributed by atoms with van der Waals surface area (Å²) in [6, 6.07) is 0. The van der Waals surface area contributed by atoms with E-state index in [4.69, 9.17) is 5.73 Å². The lowest BCUT2D eigenvalue weighted by atomic mass is 9.75. The fraction of sp³-hybridized carbons (Fsp3) is 0.857. The van der Waals surface area contributed by atoms with Gasteiger partial charge in [-0.05, 0) is 32.7 Å². The number of hydrogen-bond acceptors (Lipinski definition) is 4. The molecule has 0 aliphatic heterocycles. The Bertz CT molecular complexity index is 402. The van der Waals surface area contributed by atoms with Crippen LogP contribution in [-0.2, 0) is 13.1 Å². The predicted molar refractivity (Wildman–Crippen MR) is 76.6 cm³/mol. The van der Waals surface area contributed by atoms with Crippen molar-refractivity contribution in [2.45, 2.75) is 58.2 Å². The maximum atomic E-state index is 6.12. The van der Waals surface area contributed by atoms with Gasteiger partial charge >= 0.3 is 0 Å². The van der Waals surface area contributed by atoms with Crippen LogP contribution in [0.3, 0.4) is 0 Å². The van der Waals surface area contributed by atoms with Crippen molar-refractivity contribution in [1.29, 1.82) is 0 Å². The summed E-state index contributed by atoms with van der Waals surface area (Å²) in [4.78, 5) is 6.78. The third-order valence-corrected chi connectivity index (χ3v) is 4.63. The molecule has 1 aliphatic carbocycles. The lowest BCUT2D eigenvalue weighted by Crippen LogP contribution is -2.54. The number of aryl methyl sites for hydroxylation is 1. The van der Waals surface area contributed by atoms with Crippen LogP contribution in [0.1, 0.15) is 45.4 Å². The van der Waals surface area contributed by atoms with Crippen molar-refractivity contribution in [3.63, 3.8) is 0 Å². The van der Waals surface area contributed by atoms with Gasteiger partial charge in [-0.1, -0.05) is 19.8 Å². The smallest absolute Gasteiger partial charge is 0.141 e. The van der Waals surface area contributed by atoms with Crippen molar-refractivity contribution in [3.8, 4) is 0 Å². The molecule has 1 heterocycles. The Kier molecular flexibility index (Phi) is 4.58. The molecule has 0 aromatic carbocycles. The molecule has 5 heteroatoms. The molecule has 0 saturated heterocycles. The van der Waals surface area contributed by atoms with Crippen molar-refractivity contribution >= 4 is 0 Å². The normalized spacial score (nSPS) is 27.9. The molecule has 1 aliphatic rings. The maximum absolute atomic E-state index is 6.12. The van der Waals surface area contributed by atoms with E-state index in [9.17, 15) is 0 Å². The molecule has 5 nitrogen and oxygen atoms in total. The van der Waals surface area contributed by atoms with Gasteiger partial charge in [-0.15, -0.1) is 0 Å². The molecule has 0 bridgehead atoms. The Hall–Kier alpha value is -0.940. The molecular weight excluding hydrogens is 238 g/mol. The van der Waals surface area contributed by atoms with Crippen LogP contribution in [0.25, 0.3) is 0 Å². The van der Waals surface area contributed by atoms with Gasteiger partial charge in [-0.3, -0.25) is 4.90 Å². The van der Waals surface area contributed by atoms with Gasteiger partial charge in [0.1, 0.15) is 12.2 Å². The van der Waals surface area contributed by atoms with E-state index < -0.39 is 0 Å². The number of aromatic nitrogens is 3. The van der Waals surface area contributed by atoms with Gasteiger partial charge in [0.2, 0.25) is 0 Å². The summed E-state index contributed by atoms with van der Waals surface area (Å²) in [6.07, 6.45) is 6.65. The minimum atomic E-state index is 0.141. The van der Waals surface area contributed by atoms with Gasteiger partial charge < -0.3 is 5.73 Å². The average Bonchev–Trinajstić information content (AvgIpc) is 2.85. The van der Waals surface area contributed by atoms with E-state index in [1.54, 1.807) is 6.33 Å². The Balaban J connectivity index is 2.10. The van der Waals surface area contributed by atoms with E-state index in [1.807, 2.05) is 4.68 Å². The molecule has 2 N–H and O–H groups in total. The lowest BCUT2D eigenvalue weighted by Gasteiger charge is -2.46. The summed E-state index contributed by atoms with van der Waals surface area (Å²) in [5, 5.41) is 4.24. The number of hydrogen-bond donors (Lipinski definition) is 1. The molecule has 0 radical (unpaired) electrons. The number of nitrogens with two attached hydrogens (primary N) is 1. The van der Waals surface area contributed by atoms with Crippen LogP contribution in [0.15, 0.2) is 6.33 Å². The highest BCUT2D eigenvalue weighted by Gasteiger charge is 2.37. The third-order valence-electron chi connectivity index (χ3n) is 4.63. The summed E-state index contributed by atoms with van der Waals surface area (Å²) in [6.45, 7) is 6.87. The molecule has 0 spiro atoms. The van der Waals surface area contributed by atoms with Gasteiger partial charge in [0.15, 0.2) is 0 Å². The summed E-state index contributed by atoms with van der Waals surface area (Å²) in [5.74, 6) is 1.81. The fourth-order valence-corrected chi connectivity index (χ4v) is 3.37. The molecule has 0 amide bonds. The van der Waals surface area contributed by atoms with Crippen LogP contribution >= 0.6 is 0 Å². The van der Waals surface area contributed by atoms with E-state index in [0.29, 0.717) is 0 Å². The molecule has 1 aromatic heterocycles. The standard InChI is InChI=1S/C14H27N5/c1-4-19-13(16-11-17-19)9-18(3)14(10-15)7-5-6-12(2)8-14/h11-12H,4-10,15H2,1-3H3. The molecular formula is C14H27N5. The first kappa shape index (κ1) is 14.5. The van der Waals surface area contributed by atoms with Gasteiger partial charge in [0.25, 0.3) is 0 Å². The predicted octanol–water partition coefficient (Wildman–Crippen LogP) is 1.64. The van der Waals surface area contributed by atoms with Gasteiger partial charge in [-0.2, -0.15) is 5.10 Å². The minimum Gasteiger partial charge on any atom is -0.329 e. The van der Waals surface area contributed by atoms with Crippen LogP contribution < -0.4 is 5.73 Å². The zero-order valence-electron chi connectivity index (χ0n) is 12.5. The SMILES string of the molecule is CCn1ncnc1CN(C)C1(CN)CCCC(C)C1. The largest absolute Gasteiger partial charge is 0.329 e. The van der Waals surface area contributed by atoms with Crippen LogP contribution in [0.2, 0.25) is 0 Å². The van der Waals surface area contributed by atoms with Gasteiger partial charge in [0, 0.05) is 18.6 Å². The summed E-state index contributed by atoms with van der Waals surface area (Å²) >= 11 is 0. The quantitative estimate of drug-likeness (QED) is 0.879. The van der Waals surface area contributed by atoms with Crippen molar-refractivity contribution in [1.82, 2.24) is 19.7 Å². The van der Waals surface area contributed by atoms with Crippen LogP contribution in [-0.4, -0.2) is 38.8 Å². The highest BCUT2D eigenvalue weighted by molar-refractivity contribution is 4.97. The molecule has 2 rings (SSSR count). The van der Waals surface area contributed by atoms with E-state index in [2.05, 4.69) is 35.9 Å². The molecule has 1 aromatic rings. The Morgan fingerprint density at radius 1 is 1.58 bits per heavy atom. The first-order valence-corrected chi connectivity index (χ1v) is 7.39. The first-order chi connectivity index (χ1) is 9.11. The van der Waals surface area contributed by atoms with E-state index >= 15 is 0 Å². The van der Waals surface area contributed by atoms with Crippen molar-refractivity contribution < 1.29 is 0 Å². The number of rotatable bonds is 5. The second-order valence-corrected chi connectivity index (χ2v) is 5.98. The molecule has 19 heavy (non-hydrogen) atoms. The molecule has 2 atom stereocenters. The highest BCUT2D eigenvalue weighted by atomic mass is 15.3. The second kappa shape index (κ2) is 6.01. The zero-order chi connectivity index (χ0) is 13.9. The van der Waals surface area contributed by atoms with Crippen LogP contribution in [0.5, 0.6) is 0 Å². The highest BCUT2D eigenvalue weighted by Crippen LogP contribution is 2.36. The fourth-order valence-electron chi connectivity index (χ4n) is 3.37.